The first-order valence-electron chi connectivity index (χ1n) is 5.84. The highest BCUT2D eigenvalue weighted by Gasteiger charge is 2.03. The van der Waals surface area contributed by atoms with Crippen LogP contribution in [-0.2, 0) is 4.74 Å². The van der Waals surface area contributed by atoms with E-state index in [9.17, 15) is 0 Å². The van der Waals surface area contributed by atoms with Crippen LogP contribution < -0.4 is 0 Å². The zero-order chi connectivity index (χ0) is 12.1. The van der Waals surface area contributed by atoms with Crippen molar-refractivity contribution in [2.24, 2.45) is 0 Å². The van der Waals surface area contributed by atoms with Gasteiger partial charge in [0.15, 0.2) is 0 Å². The molecule has 0 rings (SSSR count). The molecule has 0 fully saturated rings. The van der Waals surface area contributed by atoms with Crippen molar-refractivity contribution in [1.82, 2.24) is 0 Å². The number of terminal acetylenes is 1. The smallest absolute Gasteiger partial charge is 0.107 e. The van der Waals surface area contributed by atoms with Gasteiger partial charge in [-0.25, -0.2) is 0 Å². The Morgan fingerprint density at radius 1 is 1.38 bits per heavy atom. The molecule has 16 heavy (non-hydrogen) atoms. The number of ether oxygens (including phenoxy) is 1. The molecule has 0 aliphatic rings. The van der Waals surface area contributed by atoms with Crippen molar-refractivity contribution < 1.29 is 4.74 Å². The molecule has 1 heteroatoms. The summed E-state index contributed by atoms with van der Waals surface area (Å²) >= 11 is 0. The Morgan fingerprint density at radius 2 is 2.19 bits per heavy atom. The van der Waals surface area contributed by atoms with Crippen LogP contribution in [-0.4, -0.2) is 12.7 Å². The summed E-state index contributed by atoms with van der Waals surface area (Å²) in [7, 11) is 0. The first-order chi connectivity index (χ1) is 7.85. The van der Waals surface area contributed by atoms with Crippen LogP contribution >= 0.6 is 0 Å². The second-order valence-corrected chi connectivity index (χ2v) is 3.53. The van der Waals surface area contributed by atoms with E-state index in [4.69, 9.17) is 11.2 Å². The lowest BCUT2D eigenvalue weighted by atomic mass is 10.1. The maximum absolute atomic E-state index is 5.50. The van der Waals surface area contributed by atoms with Crippen LogP contribution in [0.25, 0.3) is 0 Å². The third-order valence-corrected chi connectivity index (χ3v) is 2.25. The van der Waals surface area contributed by atoms with Crippen molar-refractivity contribution in [3.8, 4) is 12.3 Å². The van der Waals surface area contributed by atoms with E-state index in [0.717, 1.165) is 25.7 Å². The minimum absolute atomic E-state index is 0.313. The average Bonchev–Trinajstić information content (AvgIpc) is 2.32. The predicted octanol–water partition coefficient (Wildman–Crippen LogP) is 3.88. The van der Waals surface area contributed by atoms with E-state index < -0.39 is 0 Å². The van der Waals surface area contributed by atoms with Gasteiger partial charge in [0.25, 0.3) is 0 Å². The van der Waals surface area contributed by atoms with Gasteiger partial charge in [0.2, 0.25) is 0 Å². The van der Waals surface area contributed by atoms with E-state index in [1.54, 1.807) is 6.08 Å². The van der Waals surface area contributed by atoms with Gasteiger partial charge in [0, 0.05) is 0 Å². The second kappa shape index (κ2) is 11.8. The van der Waals surface area contributed by atoms with Gasteiger partial charge < -0.3 is 4.74 Å². The highest BCUT2D eigenvalue weighted by Crippen LogP contribution is 2.08. The van der Waals surface area contributed by atoms with Gasteiger partial charge in [-0.1, -0.05) is 49.8 Å². The van der Waals surface area contributed by atoms with Crippen LogP contribution in [0.15, 0.2) is 37.0 Å². The van der Waals surface area contributed by atoms with E-state index in [0.29, 0.717) is 12.7 Å². The van der Waals surface area contributed by atoms with Crippen molar-refractivity contribution in [1.29, 1.82) is 0 Å². The summed E-state index contributed by atoms with van der Waals surface area (Å²) in [4.78, 5) is 0. The maximum atomic E-state index is 5.50. The van der Waals surface area contributed by atoms with Crippen LogP contribution in [0.5, 0.6) is 0 Å². The minimum atomic E-state index is 0.313. The monoisotopic (exact) mass is 218 g/mol. The molecular weight excluding hydrogens is 196 g/mol. The number of hydrogen-bond donors (Lipinski definition) is 0. The van der Waals surface area contributed by atoms with Crippen molar-refractivity contribution in [3.63, 3.8) is 0 Å². The molecule has 0 aliphatic heterocycles. The Labute approximate surface area is 99.9 Å². The molecule has 0 heterocycles. The maximum Gasteiger partial charge on any atom is 0.107 e. The van der Waals surface area contributed by atoms with Gasteiger partial charge in [0.05, 0.1) is 6.10 Å². The molecular formula is C15H22O. The van der Waals surface area contributed by atoms with Crippen molar-refractivity contribution in [3.05, 3.63) is 37.0 Å². The predicted molar refractivity (Wildman–Crippen MR) is 71.2 cm³/mol. The molecule has 0 amide bonds. The molecule has 0 aromatic heterocycles. The third-order valence-electron chi connectivity index (χ3n) is 2.25. The molecule has 0 N–H and O–H groups in total. The van der Waals surface area contributed by atoms with Crippen molar-refractivity contribution in [2.75, 3.05) is 6.61 Å². The van der Waals surface area contributed by atoms with Gasteiger partial charge in [-0.05, 0) is 25.7 Å². The Balaban J connectivity index is 3.55. The highest BCUT2D eigenvalue weighted by atomic mass is 16.5. The SMILES string of the molecule is C#CCOC(CC)CCC/C=C/C=C/C=C. The first kappa shape index (κ1) is 14.7. The minimum Gasteiger partial charge on any atom is -0.366 e. The molecule has 1 unspecified atom stereocenters. The lowest BCUT2D eigenvalue weighted by molar-refractivity contribution is 0.0673. The summed E-state index contributed by atoms with van der Waals surface area (Å²) in [6.45, 7) is 6.16. The molecule has 0 aromatic carbocycles. The average molecular weight is 218 g/mol. The van der Waals surface area contributed by atoms with Gasteiger partial charge in [-0.15, -0.1) is 6.42 Å². The number of allylic oxidation sites excluding steroid dienone is 5. The standard InChI is InChI=1S/C15H22O/c1-4-7-8-9-10-11-12-13-15(6-3)16-14-5-2/h2,4,7-10,15H,1,6,11-14H2,3H3/b8-7+,10-9+. The van der Waals surface area contributed by atoms with Gasteiger partial charge in [-0.2, -0.15) is 0 Å². The fraction of sp³-hybridized carbons (Fsp3) is 0.467. The molecule has 1 nitrogen and oxygen atoms in total. The number of unbranched alkanes of at least 4 members (excludes halogenated alkanes) is 1. The summed E-state index contributed by atoms with van der Waals surface area (Å²) in [5.74, 6) is 2.50. The first-order valence-corrected chi connectivity index (χ1v) is 5.84. The summed E-state index contributed by atoms with van der Waals surface area (Å²) in [6.07, 6.45) is 19.7. The molecule has 0 saturated heterocycles. The molecule has 1 atom stereocenters. The van der Waals surface area contributed by atoms with E-state index in [2.05, 4.69) is 25.5 Å². The summed E-state index contributed by atoms with van der Waals surface area (Å²) in [5.41, 5.74) is 0. The van der Waals surface area contributed by atoms with Crippen molar-refractivity contribution in [2.45, 2.75) is 38.7 Å². The normalized spacial score (nSPS) is 13.0. The molecule has 0 aromatic rings. The number of hydrogen-bond acceptors (Lipinski definition) is 1. The van der Waals surface area contributed by atoms with Crippen molar-refractivity contribution >= 4 is 0 Å². The fourth-order valence-electron chi connectivity index (χ4n) is 1.35. The molecule has 88 valence electrons. The topological polar surface area (TPSA) is 9.23 Å². The summed E-state index contributed by atoms with van der Waals surface area (Å²) in [5, 5.41) is 0. The van der Waals surface area contributed by atoms with E-state index in [1.807, 2.05) is 18.2 Å². The zero-order valence-corrected chi connectivity index (χ0v) is 10.2. The Morgan fingerprint density at radius 3 is 2.81 bits per heavy atom. The lowest BCUT2D eigenvalue weighted by Crippen LogP contribution is -2.11. The van der Waals surface area contributed by atoms with E-state index >= 15 is 0 Å². The fourth-order valence-corrected chi connectivity index (χ4v) is 1.35. The number of rotatable bonds is 9. The van der Waals surface area contributed by atoms with Gasteiger partial charge in [0.1, 0.15) is 6.61 Å². The van der Waals surface area contributed by atoms with E-state index in [1.165, 1.54) is 0 Å². The molecule has 0 bridgehead atoms. The Hall–Kier alpha value is -1.26. The lowest BCUT2D eigenvalue weighted by Gasteiger charge is -2.13. The third kappa shape index (κ3) is 9.30. The zero-order valence-electron chi connectivity index (χ0n) is 10.2. The molecule has 0 aliphatic carbocycles. The van der Waals surface area contributed by atoms with Gasteiger partial charge in [-0.3, -0.25) is 0 Å². The quantitative estimate of drug-likeness (QED) is 0.324. The highest BCUT2D eigenvalue weighted by molar-refractivity contribution is 5.08. The molecule has 0 saturated carbocycles. The largest absolute Gasteiger partial charge is 0.366 e. The second-order valence-electron chi connectivity index (χ2n) is 3.53. The summed E-state index contributed by atoms with van der Waals surface area (Å²) in [6, 6.07) is 0. The molecule has 0 radical (unpaired) electrons. The van der Waals surface area contributed by atoms with Crippen LogP contribution in [0.4, 0.5) is 0 Å². The van der Waals surface area contributed by atoms with Crippen LogP contribution in [0.3, 0.4) is 0 Å². The van der Waals surface area contributed by atoms with Crippen LogP contribution in [0.1, 0.15) is 32.6 Å². The van der Waals surface area contributed by atoms with Crippen LogP contribution in [0, 0.1) is 12.3 Å². The Kier molecular flexibility index (Phi) is 10.9. The Bertz CT molecular complexity index is 255. The van der Waals surface area contributed by atoms with Crippen LogP contribution in [0.2, 0.25) is 0 Å². The van der Waals surface area contributed by atoms with E-state index in [-0.39, 0.29) is 0 Å². The summed E-state index contributed by atoms with van der Waals surface area (Å²) < 4.78 is 5.50. The van der Waals surface area contributed by atoms with Gasteiger partial charge >= 0.3 is 0 Å². The molecule has 0 spiro atoms.